The quantitative estimate of drug-likeness (QED) is 0.123. The lowest BCUT2D eigenvalue weighted by molar-refractivity contribution is -0.131. The lowest BCUT2D eigenvalue weighted by Gasteiger charge is -2.48. The van der Waals surface area contributed by atoms with Crippen LogP contribution in [0.1, 0.15) is 135 Å². The molecule has 11 nitrogen and oxygen atoms in total. The number of nitrogens with zero attached hydrogens (tertiary/aromatic N) is 4. The molecule has 0 saturated carbocycles. The minimum atomic E-state index is -0.328. The standard InChI is InChI=1S/C27H29NO.2C10H17NO2.C9H15NO2/c1-22(29)21-23-17-19-28(20-18-23)27(24-11-5-2-6-12-24,25-13-7-3-8-14-25)26-15-9-4-10-16-26;2*1-8(12)7-10-3-5-11(6-4-10)9(2)13;1-8(12)6-9-2-4-10(7-11)5-3-9/h2-16,23H,17-21H2,1H3;2*10H,3-7H2,1-2H3;7,9H,2-6H2,1H3. The molecule has 0 unspecified atom stereocenters. The molecular weight excluding hydrogens is 841 g/mol. The van der Waals surface area contributed by atoms with Crippen LogP contribution in [0, 0.1) is 23.7 Å². The van der Waals surface area contributed by atoms with Crippen LogP contribution in [0.25, 0.3) is 0 Å². The van der Waals surface area contributed by atoms with Crippen molar-refractivity contribution in [2.24, 2.45) is 23.7 Å². The Balaban J connectivity index is 0.000000216. The zero-order chi connectivity index (χ0) is 48.8. The highest BCUT2D eigenvalue weighted by Crippen LogP contribution is 2.44. The van der Waals surface area contributed by atoms with Crippen molar-refractivity contribution in [3.63, 3.8) is 0 Å². The number of hydrogen-bond acceptors (Lipinski definition) is 8. The molecule has 0 atom stereocenters. The van der Waals surface area contributed by atoms with Crippen molar-refractivity contribution >= 4 is 41.4 Å². The number of Topliss-reactive ketones (excluding diaryl/α,β-unsaturated/α-hetero) is 4. The van der Waals surface area contributed by atoms with Crippen molar-refractivity contribution in [1.82, 2.24) is 19.6 Å². The smallest absolute Gasteiger partial charge is 0.219 e. The first-order valence-corrected chi connectivity index (χ1v) is 24.7. The Morgan fingerprint density at radius 1 is 0.418 bits per heavy atom. The summed E-state index contributed by atoms with van der Waals surface area (Å²) in [6.07, 6.45) is 11.7. The van der Waals surface area contributed by atoms with Crippen LogP contribution in [-0.2, 0) is 39.1 Å². The first-order chi connectivity index (χ1) is 32.1. The molecule has 0 radical (unpaired) electrons. The predicted molar refractivity (Wildman–Crippen MR) is 265 cm³/mol. The summed E-state index contributed by atoms with van der Waals surface area (Å²) >= 11 is 0. The van der Waals surface area contributed by atoms with Crippen LogP contribution >= 0.6 is 0 Å². The van der Waals surface area contributed by atoms with Crippen LogP contribution in [0.4, 0.5) is 0 Å². The highest BCUT2D eigenvalue weighted by atomic mass is 16.2. The van der Waals surface area contributed by atoms with Crippen LogP contribution in [0.5, 0.6) is 0 Å². The third-order valence-electron chi connectivity index (χ3n) is 13.9. The highest BCUT2D eigenvalue weighted by Gasteiger charge is 2.43. The Kier molecular flexibility index (Phi) is 22.8. The molecule has 0 N–H and O–H groups in total. The third-order valence-corrected chi connectivity index (χ3v) is 13.9. The molecular formula is C56H78N4O7. The van der Waals surface area contributed by atoms with E-state index >= 15 is 0 Å². The summed E-state index contributed by atoms with van der Waals surface area (Å²) in [5.74, 6) is 3.44. The first-order valence-electron chi connectivity index (χ1n) is 24.7. The Hall–Kier alpha value is -5.29. The van der Waals surface area contributed by atoms with Gasteiger partial charge in [-0.3, -0.25) is 19.3 Å². The second kappa shape index (κ2) is 28.1. The number of carbonyl (C=O) groups excluding carboxylic acids is 7. The van der Waals surface area contributed by atoms with Crippen molar-refractivity contribution in [2.45, 2.75) is 124 Å². The molecule has 3 aromatic rings. The monoisotopic (exact) mass is 919 g/mol. The van der Waals surface area contributed by atoms with E-state index in [-0.39, 0.29) is 34.7 Å². The van der Waals surface area contributed by atoms with Crippen LogP contribution < -0.4 is 0 Å². The number of carbonyl (C=O) groups is 7. The lowest BCUT2D eigenvalue weighted by atomic mass is 9.74. The summed E-state index contributed by atoms with van der Waals surface area (Å²) in [5, 5.41) is 0. The van der Waals surface area contributed by atoms with Gasteiger partial charge in [-0.1, -0.05) is 91.0 Å². The van der Waals surface area contributed by atoms with Crippen LogP contribution in [0.3, 0.4) is 0 Å². The first kappa shape index (κ1) is 54.3. The molecule has 11 heteroatoms. The zero-order valence-electron chi connectivity index (χ0n) is 41.3. The van der Waals surface area contributed by atoms with Gasteiger partial charge in [0.15, 0.2) is 0 Å². The van der Waals surface area contributed by atoms with Crippen LogP contribution in [-0.4, -0.2) is 113 Å². The van der Waals surface area contributed by atoms with Gasteiger partial charge in [-0.25, -0.2) is 0 Å². The molecule has 0 bridgehead atoms. The number of piperidine rings is 4. The molecule has 4 aliphatic heterocycles. The SMILES string of the molecule is CC(=O)CC1CCN(C(C)=O)CC1.CC(=O)CC1CCN(C(C)=O)CC1.CC(=O)CC1CCN(C(c2ccccc2)(c2ccccc2)c2ccccc2)CC1.CC(=O)CC1CCN(C=O)CC1. The molecule has 4 heterocycles. The average molecular weight is 919 g/mol. The van der Waals surface area contributed by atoms with Gasteiger partial charge < -0.3 is 33.9 Å². The van der Waals surface area contributed by atoms with Gasteiger partial charge in [0, 0.05) is 78.8 Å². The minimum absolute atomic E-state index is 0.154. The van der Waals surface area contributed by atoms with Crippen molar-refractivity contribution in [3.05, 3.63) is 108 Å². The van der Waals surface area contributed by atoms with Crippen LogP contribution in [0.2, 0.25) is 0 Å². The Bertz CT molecular complexity index is 1850. The van der Waals surface area contributed by atoms with Crippen molar-refractivity contribution in [3.8, 4) is 0 Å². The topological polar surface area (TPSA) is 132 Å². The van der Waals surface area contributed by atoms with Gasteiger partial charge in [0.2, 0.25) is 18.2 Å². The largest absolute Gasteiger partial charge is 0.345 e. The maximum atomic E-state index is 11.6. The van der Waals surface area contributed by atoms with E-state index in [4.69, 9.17) is 0 Å². The molecule has 0 aliphatic carbocycles. The van der Waals surface area contributed by atoms with E-state index in [1.165, 1.54) is 16.7 Å². The van der Waals surface area contributed by atoms with E-state index in [0.717, 1.165) is 110 Å². The van der Waals surface area contributed by atoms with Gasteiger partial charge in [-0.05, 0) is 133 Å². The van der Waals surface area contributed by atoms with E-state index in [2.05, 4.69) is 95.9 Å². The molecule has 7 rings (SSSR count). The van der Waals surface area contributed by atoms with Gasteiger partial charge in [0.1, 0.15) is 23.1 Å². The van der Waals surface area contributed by atoms with Gasteiger partial charge in [-0.15, -0.1) is 0 Å². The summed E-state index contributed by atoms with van der Waals surface area (Å²) < 4.78 is 0. The highest BCUT2D eigenvalue weighted by molar-refractivity contribution is 5.77. The lowest BCUT2D eigenvalue weighted by Crippen LogP contribution is -2.51. The maximum Gasteiger partial charge on any atom is 0.219 e. The van der Waals surface area contributed by atoms with E-state index in [9.17, 15) is 33.6 Å². The molecule has 0 spiro atoms. The fourth-order valence-corrected chi connectivity index (χ4v) is 10.4. The summed E-state index contributed by atoms with van der Waals surface area (Å²) in [5.41, 5.74) is 3.55. The molecule has 3 aromatic carbocycles. The second-order valence-corrected chi connectivity index (χ2v) is 19.3. The van der Waals surface area contributed by atoms with Crippen LogP contribution in [0.15, 0.2) is 91.0 Å². The van der Waals surface area contributed by atoms with E-state index < -0.39 is 0 Å². The number of hydrogen-bond donors (Lipinski definition) is 0. The average Bonchev–Trinajstić information content (AvgIpc) is 3.31. The summed E-state index contributed by atoms with van der Waals surface area (Å²) in [6.45, 7) is 16.7. The molecule has 4 fully saturated rings. The van der Waals surface area contributed by atoms with Gasteiger partial charge >= 0.3 is 0 Å². The van der Waals surface area contributed by atoms with Crippen molar-refractivity contribution < 1.29 is 33.6 Å². The Labute approximate surface area is 401 Å². The third kappa shape index (κ3) is 17.7. The van der Waals surface area contributed by atoms with Gasteiger partial charge in [0.05, 0.1) is 5.54 Å². The molecule has 3 amide bonds. The Morgan fingerprint density at radius 3 is 0.910 bits per heavy atom. The van der Waals surface area contributed by atoms with E-state index in [0.29, 0.717) is 55.1 Å². The normalized spacial score (nSPS) is 17.6. The summed E-state index contributed by atoms with van der Waals surface area (Å²) in [6, 6.07) is 32.6. The molecule has 4 aliphatic rings. The molecule has 67 heavy (non-hydrogen) atoms. The number of likely N-dealkylation sites (tertiary alicyclic amines) is 4. The molecule has 0 aromatic heterocycles. The van der Waals surface area contributed by atoms with Gasteiger partial charge in [0.25, 0.3) is 0 Å². The van der Waals surface area contributed by atoms with Crippen molar-refractivity contribution in [1.29, 1.82) is 0 Å². The van der Waals surface area contributed by atoms with E-state index in [1.54, 1.807) is 46.4 Å². The molecule has 4 saturated heterocycles. The van der Waals surface area contributed by atoms with Gasteiger partial charge in [-0.2, -0.15) is 0 Å². The fourth-order valence-electron chi connectivity index (χ4n) is 10.4. The zero-order valence-corrected chi connectivity index (χ0v) is 41.3. The number of benzene rings is 3. The summed E-state index contributed by atoms with van der Waals surface area (Å²) in [4.78, 5) is 84.6. The number of amides is 3. The number of rotatable bonds is 13. The maximum absolute atomic E-state index is 11.6. The van der Waals surface area contributed by atoms with Crippen molar-refractivity contribution in [2.75, 3.05) is 52.4 Å². The summed E-state index contributed by atoms with van der Waals surface area (Å²) in [7, 11) is 0. The number of ketones is 4. The predicted octanol–water partition coefficient (Wildman–Crippen LogP) is 8.95. The Morgan fingerprint density at radius 2 is 0.672 bits per heavy atom. The fraction of sp³-hybridized carbons (Fsp3) is 0.554. The van der Waals surface area contributed by atoms with E-state index in [1.807, 2.05) is 9.80 Å². The second-order valence-electron chi connectivity index (χ2n) is 19.3. The minimum Gasteiger partial charge on any atom is -0.345 e. The molecule has 364 valence electrons.